The Bertz CT molecular complexity index is 243. The van der Waals surface area contributed by atoms with E-state index in [1.54, 1.807) is 23.5 Å². The molecule has 0 aliphatic heterocycles. The number of hydrogen-bond acceptors (Lipinski definition) is 3. The second-order valence-electron chi connectivity index (χ2n) is 4.77. The van der Waals surface area contributed by atoms with Gasteiger partial charge in [0, 0.05) is 0 Å². The number of thiocarbonyl (C=S) groups is 1. The molecular weight excluding hydrogens is 288 g/mol. The van der Waals surface area contributed by atoms with E-state index in [9.17, 15) is 0 Å². The van der Waals surface area contributed by atoms with Gasteiger partial charge in [0.1, 0.15) is 3.53 Å². The molecule has 0 atom stereocenters. The van der Waals surface area contributed by atoms with E-state index in [0.29, 0.717) is 5.75 Å². The van der Waals surface area contributed by atoms with Gasteiger partial charge in [0.15, 0.2) is 0 Å². The molecule has 0 rings (SSSR count). The normalized spacial score (nSPS) is 10.3. The summed E-state index contributed by atoms with van der Waals surface area (Å²) in [5, 5.41) is 0. The van der Waals surface area contributed by atoms with Gasteiger partial charge >= 0.3 is 0 Å². The molecule has 0 saturated heterocycles. The molecular formula is C16H28S3. The van der Waals surface area contributed by atoms with Gasteiger partial charge in [0.05, 0.1) is 5.75 Å². The lowest BCUT2D eigenvalue weighted by molar-refractivity contribution is 0.563. The third-order valence-electron chi connectivity index (χ3n) is 2.99. The Labute approximate surface area is 134 Å². The number of thioether (sulfide) groups is 2. The van der Waals surface area contributed by atoms with Crippen LogP contribution in [0.5, 0.6) is 0 Å². The Kier molecular flexibility index (Phi) is 16.7. The summed E-state index contributed by atoms with van der Waals surface area (Å²) in [6.07, 6.45) is 19.1. The summed E-state index contributed by atoms with van der Waals surface area (Å²) in [5.74, 6) is 4.48. The Hall–Kier alpha value is 0.350. The van der Waals surface area contributed by atoms with Crippen molar-refractivity contribution in [2.75, 3.05) is 11.5 Å². The maximum absolute atomic E-state index is 5.22. The van der Waals surface area contributed by atoms with Crippen LogP contribution in [0.15, 0.2) is 0 Å². The van der Waals surface area contributed by atoms with Gasteiger partial charge in [-0.25, -0.2) is 0 Å². The molecule has 0 saturated carbocycles. The molecule has 0 nitrogen and oxygen atoms in total. The van der Waals surface area contributed by atoms with E-state index < -0.39 is 0 Å². The largest absolute Gasteiger partial charge is 0.119 e. The van der Waals surface area contributed by atoms with Crippen molar-refractivity contribution in [2.45, 2.75) is 71.1 Å². The van der Waals surface area contributed by atoms with Crippen LogP contribution in [0.25, 0.3) is 0 Å². The highest BCUT2D eigenvalue weighted by molar-refractivity contribution is 8.47. The zero-order valence-electron chi connectivity index (χ0n) is 12.3. The van der Waals surface area contributed by atoms with Crippen LogP contribution in [0.4, 0.5) is 0 Å². The zero-order valence-corrected chi connectivity index (χ0v) is 14.7. The van der Waals surface area contributed by atoms with Crippen molar-refractivity contribution in [3.63, 3.8) is 0 Å². The molecule has 0 aliphatic carbocycles. The summed E-state index contributed by atoms with van der Waals surface area (Å²) < 4.78 is 1.01. The van der Waals surface area contributed by atoms with Crippen molar-refractivity contribution < 1.29 is 0 Å². The fourth-order valence-corrected chi connectivity index (χ4v) is 3.79. The highest BCUT2D eigenvalue weighted by atomic mass is 32.2. The number of unbranched alkanes of at least 4 members (excludes halogenated alkanes) is 9. The van der Waals surface area contributed by atoms with Gasteiger partial charge in [0.25, 0.3) is 0 Å². The molecule has 0 aliphatic rings. The molecule has 3 heteroatoms. The van der Waals surface area contributed by atoms with Gasteiger partial charge in [-0.05, 0) is 12.2 Å². The van der Waals surface area contributed by atoms with Crippen LogP contribution in [0, 0.1) is 12.3 Å². The summed E-state index contributed by atoms with van der Waals surface area (Å²) in [4.78, 5) is 0. The molecule has 0 aromatic rings. The fourth-order valence-electron chi connectivity index (χ4n) is 1.89. The minimum Gasteiger partial charge on any atom is -0.119 e. The summed E-state index contributed by atoms with van der Waals surface area (Å²) in [6.45, 7) is 2.27. The van der Waals surface area contributed by atoms with Crippen molar-refractivity contribution >= 4 is 39.3 Å². The quantitative estimate of drug-likeness (QED) is 0.236. The molecule has 19 heavy (non-hydrogen) atoms. The molecule has 0 spiro atoms. The Morgan fingerprint density at radius 3 is 1.95 bits per heavy atom. The first kappa shape index (κ1) is 19.4. The van der Waals surface area contributed by atoms with E-state index >= 15 is 0 Å². The van der Waals surface area contributed by atoms with E-state index in [1.165, 1.54) is 64.2 Å². The second kappa shape index (κ2) is 16.4. The summed E-state index contributed by atoms with van der Waals surface area (Å²) in [5.41, 5.74) is 0. The lowest BCUT2D eigenvalue weighted by atomic mass is 10.1. The highest BCUT2D eigenvalue weighted by Crippen LogP contribution is 2.19. The van der Waals surface area contributed by atoms with Crippen LogP contribution >= 0.6 is 35.7 Å². The monoisotopic (exact) mass is 316 g/mol. The number of hydrogen-bond donors (Lipinski definition) is 0. The van der Waals surface area contributed by atoms with Crippen LogP contribution in [-0.2, 0) is 0 Å². The first-order valence-corrected chi connectivity index (χ1v) is 9.92. The summed E-state index contributed by atoms with van der Waals surface area (Å²) in [6, 6.07) is 0. The molecule has 0 aromatic carbocycles. The average Bonchev–Trinajstić information content (AvgIpc) is 2.42. The van der Waals surface area contributed by atoms with Crippen LogP contribution < -0.4 is 0 Å². The van der Waals surface area contributed by atoms with Crippen molar-refractivity contribution in [2.24, 2.45) is 0 Å². The van der Waals surface area contributed by atoms with Gasteiger partial charge in [0.2, 0.25) is 0 Å². The van der Waals surface area contributed by atoms with Crippen LogP contribution in [0.2, 0.25) is 0 Å². The minimum atomic E-state index is 0.712. The SMILES string of the molecule is C#CCSC(=S)SCCCCCCCCCCCC. The van der Waals surface area contributed by atoms with E-state index in [2.05, 4.69) is 12.8 Å². The van der Waals surface area contributed by atoms with E-state index in [4.69, 9.17) is 18.6 Å². The molecule has 0 aromatic heterocycles. The van der Waals surface area contributed by atoms with Crippen LogP contribution in [0.3, 0.4) is 0 Å². The third-order valence-corrected chi connectivity index (χ3v) is 5.68. The lowest BCUT2D eigenvalue weighted by Crippen LogP contribution is -1.87. The summed E-state index contributed by atoms with van der Waals surface area (Å²) >= 11 is 8.63. The maximum atomic E-state index is 5.22. The highest BCUT2D eigenvalue weighted by Gasteiger charge is 1.98. The van der Waals surface area contributed by atoms with Gasteiger partial charge in [-0.2, -0.15) is 0 Å². The Morgan fingerprint density at radius 2 is 1.42 bits per heavy atom. The van der Waals surface area contributed by atoms with E-state index in [0.717, 1.165) is 9.28 Å². The molecule has 0 bridgehead atoms. The van der Waals surface area contributed by atoms with Crippen molar-refractivity contribution in [3.05, 3.63) is 0 Å². The molecule has 0 fully saturated rings. The van der Waals surface area contributed by atoms with E-state index in [1.807, 2.05) is 0 Å². The Balaban J connectivity index is 3.07. The van der Waals surface area contributed by atoms with E-state index in [-0.39, 0.29) is 0 Å². The summed E-state index contributed by atoms with van der Waals surface area (Å²) in [7, 11) is 0. The maximum Gasteiger partial charge on any atom is 0.105 e. The molecule has 0 heterocycles. The van der Waals surface area contributed by atoms with Crippen LogP contribution in [0.1, 0.15) is 71.1 Å². The van der Waals surface area contributed by atoms with Gasteiger partial charge in [-0.3, -0.25) is 0 Å². The standard InChI is InChI=1S/C16H28S3/c1-3-5-6-7-8-9-10-11-12-13-15-19-16(17)18-14-4-2/h2H,3,5-15H2,1H3. The lowest BCUT2D eigenvalue weighted by Gasteiger charge is -2.03. The first-order chi connectivity index (χ1) is 9.31. The van der Waals surface area contributed by atoms with Gasteiger partial charge < -0.3 is 0 Å². The zero-order chi connectivity index (χ0) is 14.2. The first-order valence-electron chi connectivity index (χ1n) is 7.54. The molecule has 0 unspecified atom stereocenters. The predicted molar refractivity (Wildman–Crippen MR) is 98.2 cm³/mol. The Morgan fingerprint density at radius 1 is 0.895 bits per heavy atom. The molecule has 0 amide bonds. The number of terminal acetylenes is 1. The molecule has 0 radical (unpaired) electrons. The topological polar surface area (TPSA) is 0 Å². The third kappa shape index (κ3) is 16.3. The fraction of sp³-hybridized carbons (Fsp3) is 0.812. The van der Waals surface area contributed by atoms with Crippen LogP contribution in [-0.4, -0.2) is 15.0 Å². The second-order valence-corrected chi connectivity index (χ2v) is 8.05. The van der Waals surface area contributed by atoms with Gasteiger partial charge in [-0.1, -0.05) is 94.6 Å². The van der Waals surface area contributed by atoms with Gasteiger partial charge in [-0.15, -0.1) is 18.2 Å². The number of rotatable bonds is 12. The molecule has 110 valence electrons. The van der Waals surface area contributed by atoms with Crippen molar-refractivity contribution in [1.29, 1.82) is 0 Å². The minimum absolute atomic E-state index is 0.712. The predicted octanol–water partition coefficient (Wildman–Crippen LogP) is 6.29. The smallest absolute Gasteiger partial charge is 0.105 e. The average molecular weight is 317 g/mol. The van der Waals surface area contributed by atoms with Crippen molar-refractivity contribution in [3.8, 4) is 12.3 Å². The molecule has 0 N–H and O–H groups in total. The van der Waals surface area contributed by atoms with Crippen molar-refractivity contribution in [1.82, 2.24) is 0 Å².